The number of amides is 1. The number of rotatable bonds is 7. The molecule has 2 aromatic rings. The van der Waals surface area contributed by atoms with Crippen molar-refractivity contribution < 1.29 is 14.6 Å². The summed E-state index contributed by atoms with van der Waals surface area (Å²) in [6.45, 7) is 6.93. The molecule has 5 heteroatoms. The topological polar surface area (TPSA) is 63.5 Å². The molecule has 23 heavy (non-hydrogen) atoms. The summed E-state index contributed by atoms with van der Waals surface area (Å²) in [7, 11) is 1.63. The Labute approximate surface area is 137 Å². The number of aromatic nitrogens is 1. The first-order valence-corrected chi connectivity index (χ1v) is 8.12. The molecule has 0 bridgehead atoms. The van der Waals surface area contributed by atoms with Crippen molar-refractivity contribution in [3.63, 3.8) is 0 Å². The van der Waals surface area contributed by atoms with Crippen molar-refractivity contribution >= 4 is 16.8 Å². The molecule has 1 aromatic carbocycles. The fourth-order valence-corrected chi connectivity index (χ4v) is 2.95. The SMILES string of the molecule is CCCn1c(C)c(C(=O)N[C@H](C)CCO)c2cc(OC)ccc21. The van der Waals surface area contributed by atoms with Gasteiger partial charge in [-0.2, -0.15) is 0 Å². The summed E-state index contributed by atoms with van der Waals surface area (Å²) >= 11 is 0. The number of carbonyl (C=O) groups is 1. The molecule has 5 nitrogen and oxygen atoms in total. The van der Waals surface area contributed by atoms with E-state index in [4.69, 9.17) is 9.84 Å². The van der Waals surface area contributed by atoms with Crippen molar-refractivity contribution in [2.45, 2.75) is 46.2 Å². The number of aryl methyl sites for hydroxylation is 1. The number of fused-ring (bicyclic) bond motifs is 1. The van der Waals surface area contributed by atoms with Crippen LogP contribution >= 0.6 is 0 Å². The standard InChI is InChI=1S/C18H26N2O3/c1-5-9-20-13(3)17(18(22)19-12(2)8-10-21)15-11-14(23-4)6-7-16(15)20/h6-7,11-12,21H,5,8-10H2,1-4H3,(H,19,22)/t12-/m1/s1. The van der Waals surface area contributed by atoms with Crippen LogP contribution in [0.15, 0.2) is 18.2 Å². The Morgan fingerprint density at radius 2 is 2.17 bits per heavy atom. The number of aliphatic hydroxyl groups is 1. The Hall–Kier alpha value is -2.01. The van der Waals surface area contributed by atoms with Gasteiger partial charge in [-0.15, -0.1) is 0 Å². The highest BCUT2D eigenvalue weighted by molar-refractivity contribution is 6.08. The number of benzene rings is 1. The van der Waals surface area contributed by atoms with Gasteiger partial charge < -0.3 is 19.7 Å². The molecule has 0 unspecified atom stereocenters. The third-order valence-corrected chi connectivity index (χ3v) is 4.14. The lowest BCUT2D eigenvalue weighted by Crippen LogP contribution is -2.33. The number of carbonyl (C=O) groups excluding carboxylic acids is 1. The maximum Gasteiger partial charge on any atom is 0.253 e. The van der Waals surface area contributed by atoms with Crippen molar-refractivity contribution in [2.24, 2.45) is 0 Å². The Balaban J connectivity index is 2.52. The van der Waals surface area contributed by atoms with Gasteiger partial charge in [0.2, 0.25) is 0 Å². The molecule has 1 heterocycles. The Bertz CT molecular complexity index is 691. The van der Waals surface area contributed by atoms with Crippen LogP contribution in [0.4, 0.5) is 0 Å². The molecule has 0 aliphatic heterocycles. The molecule has 2 N–H and O–H groups in total. The van der Waals surface area contributed by atoms with Gasteiger partial charge in [-0.1, -0.05) is 6.92 Å². The van der Waals surface area contributed by atoms with E-state index in [1.807, 2.05) is 32.0 Å². The zero-order valence-electron chi connectivity index (χ0n) is 14.3. The van der Waals surface area contributed by atoms with E-state index < -0.39 is 0 Å². The molecular formula is C18H26N2O3. The molecule has 0 spiro atoms. The molecule has 0 radical (unpaired) electrons. The maximum atomic E-state index is 12.7. The number of nitrogens with one attached hydrogen (secondary N) is 1. The van der Waals surface area contributed by atoms with Gasteiger partial charge in [-0.25, -0.2) is 0 Å². The van der Waals surface area contributed by atoms with Crippen LogP contribution in [-0.2, 0) is 6.54 Å². The second-order valence-electron chi connectivity index (χ2n) is 5.88. The predicted octanol–water partition coefficient (Wildman–Crippen LogP) is 2.87. The smallest absolute Gasteiger partial charge is 0.253 e. The highest BCUT2D eigenvalue weighted by Crippen LogP contribution is 2.29. The highest BCUT2D eigenvalue weighted by Gasteiger charge is 2.21. The second kappa shape index (κ2) is 7.51. The van der Waals surface area contributed by atoms with E-state index in [9.17, 15) is 4.79 Å². The molecule has 0 fully saturated rings. The van der Waals surface area contributed by atoms with Crippen LogP contribution < -0.4 is 10.1 Å². The minimum absolute atomic E-state index is 0.0614. The zero-order chi connectivity index (χ0) is 17.0. The summed E-state index contributed by atoms with van der Waals surface area (Å²) in [5.74, 6) is 0.639. The van der Waals surface area contributed by atoms with Gasteiger partial charge in [0.05, 0.1) is 12.7 Å². The van der Waals surface area contributed by atoms with Gasteiger partial charge in [0, 0.05) is 35.8 Å². The minimum atomic E-state index is -0.100. The molecule has 0 aliphatic rings. The molecule has 0 saturated heterocycles. The summed E-state index contributed by atoms with van der Waals surface area (Å²) < 4.78 is 7.49. The number of hydrogen-bond acceptors (Lipinski definition) is 3. The normalized spacial score (nSPS) is 12.4. The zero-order valence-corrected chi connectivity index (χ0v) is 14.3. The van der Waals surface area contributed by atoms with Gasteiger partial charge >= 0.3 is 0 Å². The Morgan fingerprint density at radius 1 is 1.43 bits per heavy atom. The summed E-state index contributed by atoms with van der Waals surface area (Å²) in [4.78, 5) is 12.7. The third-order valence-electron chi connectivity index (χ3n) is 4.14. The van der Waals surface area contributed by atoms with E-state index >= 15 is 0 Å². The Morgan fingerprint density at radius 3 is 2.78 bits per heavy atom. The van der Waals surface area contributed by atoms with Crippen LogP contribution in [0.3, 0.4) is 0 Å². The van der Waals surface area contributed by atoms with E-state index in [-0.39, 0.29) is 18.6 Å². The largest absolute Gasteiger partial charge is 0.497 e. The van der Waals surface area contributed by atoms with E-state index in [2.05, 4.69) is 16.8 Å². The van der Waals surface area contributed by atoms with Gasteiger partial charge in [0.15, 0.2) is 0 Å². The monoisotopic (exact) mass is 318 g/mol. The van der Waals surface area contributed by atoms with Crippen molar-refractivity contribution in [1.82, 2.24) is 9.88 Å². The molecule has 0 saturated carbocycles. The van der Waals surface area contributed by atoms with Gasteiger partial charge in [0.25, 0.3) is 5.91 Å². The molecule has 1 aromatic heterocycles. The number of ether oxygens (including phenoxy) is 1. The van der Waals surface area contributed by atoms with Crippen LogP contribution in [0, 0.1) is 6.92 Å². The first-order chi connectivity index (χ1) is 11.0. The predicted molar refractivity (Wildman–Crippen MR) is 92.1 cm³/mol. The van der Waals surface area contributed by atoms with E-state index in [1.54, 1.807) is 7.11 Å². The fourth-order valence-electron chi connectivity index (χ4n) is 2.95. The fraction of sp³-hybridized carbons (Fsp3) is 0.500. The van der Waals surface area contributed by atoms with Crippen molar-refractivity contribution in [3.05, 3.63) is 29.5 Å². The molecule has 0 aliphatic carbocycles. The lowest BCUT2D eigenvalue weighted by Gasteiger charge is -2.13. The number of methoxy groups -OCH3 is 1. The molecule has 1 amide bonds. The van der Waals surface area contributed by atoms with E-state index in [0.717, 1.165) is 35.3 Å². The summed E-state index contributed by atoms with van der Waals surface area (Å²) in [6, 6.07) is 5.77. The molecule has 126 valence electrons. The highest BCUT2D eigenvalue weighted by atomic mass is 16.5. The maximum absolute atomic E-state index is 12.7. The van der Waals surface area contributed by atoms with E-state index in [1.165, 1.54) is 0 Å². The summed E-state index contributed by atoms with van der Waals surface area (Å²) in [5, 5.41) is 12.9. The van der Waals surface area contributed by atoms with Gasteiger partial charge in [0.1, 0.15) is 5.75 Å². The quantitative estimate of drug-likeness (QED) is 0.825. The summed E-state index contributed by atoms with van der Waals surface area (Å²) in [5.41, 5.74) is 2.70. The van der Waals surface area contributed by atoms with Gasteiger partial charge in [-0.3, -0.25) is 4.79 Å². The molecular weight excluding hydrogens is 292 g/mol. The van der Waals surface area contributed by atoms with Crippen LogP contribution in [0.25, 0.3) is 10.9 Å². The third kappa shape index (κ3) is 3.50. The average Bonchev–Trinajstić information content (AvgIpc) is 2.79. The number of nitrogens with zero attached hydrogens (tertiary/aromatic N) is 1. The first kappa shape index (κ1) is 17.3. The Kier molecular flexibility index (Phi) is 5.66. The van der Waals surface area contributed by atoms with Gasteiger partial charge in [-0.05, 0) is 44.9 Å². The van der Waals surface area contributed by atoms with Crippen molar-refractivity contribution in [3.8, 4) is 5.75 Å². The lowest BCUT2D eigenvalue weighted by molar-refractivity contribution is 0.0935. The van der Waals surface area contributed by atoms with Crippen molar-refractivity contribution in [1.29, 1.82) is 0 Å². The van der Waals surface area contributed by atoms with Crippen LogP contribution in [0.2, 0.25) is 0 Å². The first-order valence-electron chi connectivity index (χ1n) is 8.12. The average molecular weight is 318 g/mol. The molecule has 2 rings (SSSR count). The molecule has 1 atom stereocenters. The van der Waals surface area contributed by atoms with Crippen LogP contribution in [0.1, 0.15) is 42.7 Å². The lowest BCUT2D eigenvalue weighted by atomic mass is 10.1. The van der Waals surface area contributed by atoms with Crippen molar-refractivity contribution in [2.75, 3.05) is 13.7 Å². The minimum Gasteiger partial charge on any atom is -0.497 e. The second-order valence-corrected chi connectivity index (χ2v) is 5.88. The van der Waals surface area contributed by atoms with Crippen LogP contribution in [-0.4, -0.2) is 35.3 Å². The number of hydrogen-bond donors (Lipinski definition) is 2. The van der Waals surface area contributed by atoms with E-state index in [0.29, 0.717) is 12.0 Å². The summed E-state index contributed by atoms with van der Waals surface area (Å²) in [6.07, 6.45) is 1.54. The number of aliphatic hydroxyl groups excluding tert-OH is 1. The van der Waals surface area contributed by atoms with Crippen LogP contribution in [0.5, 0.6) is 5.75 Å².